The Bertz CT molecular complexity index is 493. The average Bonchev–Trinajstić information content (AvgIpc) is 2.96. The van der Waals surface area contributed by atoms with Crippen molar-refractivity contribution in [3.05, 3.63) is 29.3 Å². The van der Waals surface area contributed by atoms with Gasteiger partial charge in [-0.15, -0.1) is 0 Å². The summed E-state index contributed by atoms with van der Waals surface area (Å²) in [6.45, 7) is 7.74. The summed E-state index contributed by atoms with van der Waals surface area (Å²) in [5.74, 6) is 1.23. The molecule has 1 aliphatic rings. The van der Waals surface area contributed by atoms with Crippen LogP contribution in [0.4, 0.5) is 0 Å². The molecule has 1 fully saturated rings. The molecule has 1 atom stereocenters. The fourth-order valence-corrected chi connectivity index (χ4v) is 2.85. The maximum absolute atomic E-state index is 11.9. The number of halogens is 1. The molecule has 0 radical (unpaired) electrons. The summed E-state index contributed by atoms with van der Waals surface area (Å²) >= 11 is 6.00. The van der Waals surface area contributed by atoms with Crippen molar-refractivity contribution in [2.75, 3.05) is 26.2 Å². The summed E-state index contributed by atoms with van der Waals surface area (Å²) in [6, 6.07) is 7.88. The lowest BCUT2D eigenvalue weighted by Gasteiger charge is -2.20. The highest BCUT2D eigenvalue weighted by Crippen LogP contribution is 2.23. The van der Waals surface area contributed by atoms with Crippen molar-refractivity contribution in [2.24, 2.45) is 5.92 Å². The summed E-state index contributed by atoms with van der Waals surface area (Å²) in [5, 5.41) is 3.58. The molecule has 1 aliphatic heterocycles. The molecule has 1 heterocycles. The standard InChI is InChI=1S/C17H25ClN2O2/c1-13(2)20-9-7-14(12-20)11-19-17(21)8-10-22-16-6-4-3-5-15(16)18/h3-6,13-14H,7-12H2,1-2H3,(H,19,21). The van der Waals surface area contributed by atoms with Crippen LogP contribution < -0.4 is 10.1 Å². The van der Waals surface area contributed by atoms with Gasteiger partial charge in [-0.05, 0) is 44.9 Å². The number of para-hydroxylation sites is 1. The quantitative estimate of drug-likeness (QED) is 0.838. The number of nitrogens with zero attached hydrogens (tertiary/aromatic N) is 1. The van der Waals surface area contributed by atoms with Crippen molar-refractivity contribution in [1.29, 1.82) is 0 Å². The molecule has 1 amide bonds. The molecule has 1 aromatic carbocycles. The Morgan fingerprint density at radius 2 is 2.23 bits per heavy atom. The van der Waals surface area contributed by atoms with Crippen molar-refractivity contribution in [2.45, 2.75) is 32.7 Å². The topological polar surface area (TPSA) is 41.6 Å². The minimum Gasteiger partial charge on any atom is -0.491 e. The SMILES string of the molecule is CC(C)N1CCC(CNC(=O)CCOc2ccccc2Cl)C1. The molecular weight excluding hydrogens is 300 g/mol. The van der Waals surface area contributed by atoms with Gasteiger partial charge in [0, 0.05) is 19.1 Å². The van der Waals surface area contributed by atoms with Crippen molar-refractivity contribution < 1.29 is 9.53 Å². The van der Waals surface area contributed by atoms with Crippen molar-refractivity contribution in [3.8, 4) is 5.75 Å². The predicted molar refractivity (Wildman–Crippen MR) is 89.4 cm³/mol. The van der Waals surface area contributed by atoms with Gasteiger partial charge < -0.3 is 15.0 Å². The number of hydrogen-bond acceptors (Lipinski definition) is 3. The Hall–Kier alpha value is -1.26. The molecule has 0 aliphatic carbocycles. The van der Waals surface area contributed by atoms with Gasteiger partial charge in [-0.25, -0.2) is 0 Å². The third-order valence-electron chi connectivity index (χ3n) is 4.06. The number of benzene rings is 1. The lowest BCUT2D eigenvalue weighted by atomic mass is 10.1. The van der Waals surface area contributed by atoms with Crippen LogP contribution in [0.3, 0.4) is 0 Å². The van der Waals surface area contributed by atoms with E-state index in [0.717, 1.165) is 26.1 Å². The van der Waals surface area contributed by atoms with Crippen LogP contribution in [0.2, 0.25) is 5.02 Å². The van der Waals surface area contributed by atoms with E-state index in [9.17, 15) is 4.79 Å². The second-order valence-corrected chi connectivity index (χ2v) is 6.48. The van der Waals surface area contributed by atoms with Gasteiger partial charge in [0.15, 0.2) is 0 Å². The number of likely N-dealkylation sites (tertiary alicyclic amines) is 1. The van der Waals surface area contributed by atoms with Gasteiger partial charge >= 0.3 is 0 Å². The van der Waals surface area contributed by atoms with Crippen molar-refractivity contribution >= 4 is 17.5 Å². The number of rotatable bonds is 7. The largest absolute Gasteiger partial charge is 0.491 e. The normalized spacial score (nSPS) is 18.6. The minimum atomic E-state index is 0.0371. The fourth-order valence-electron chi connectivity index (χ4n) is 2.66. The van der Waals surface area contributed by atoms with Crippen LogP contribution in [0.25, 0.3) is 0 Å². The zero-order chi connectivity index (χ0) is 15.9. The Morgan fingerprint density at radius 3 is 2.91 bits per heavy atom. The molecule has 0 aromatic heterocycles. The molecule has 1 unspecified atom stereocenters. The van der Waals surface area contributed by atoms with Crippen LogP contribution in [-0.2, 0) is 4.79 Å². The average molecular weight is 325 g/mol. The van der Waals surface area contributed by atoms with E-state index in [1.165, 1.54) is 0 Å². The van der Waals surface area contributed by atoms with Gasteiger partial charge in [-0.2, -0.15) is 0 Å². The molecule has 2 rings (SSSR count). The summed E-state index contributed by atoms with van der Waals surface area (Å²) in [6.07, 6.45) is 1.51. The maximum Gasteiger partial charge on any atom is 0.223 e. The lowest BCUT2D eigenvalue weighted by Crippen LogP contribution is -2.33. The maximum atomic E-state index is 11.9. The van der Waals surface area contributed by atoms with E-state index in [4.69, 9.17) is 16.3 Å². The van der Waals surface area contributed by atoms with Crippen LogP contribution in [0.1, 0.15) is 26.7 Å². The Morgan fingerprint density at radius 1 is 1.45 bits per heavy atom. The van der Waals surface area contributed by atoms with E-state index in [2.05, 4.69) is 24.1 Å². The van der Waals surface area contributed by atoms with Crippen molar-refractivity contribution in [3.63, 3.8) is 0 Å². The van der Waals surface area contributed by atoms with E-state index in [1.807, 2.05) is 12.1 Å². The van der Waals surface area contributed by atoms with Gasteiger partial charge in [-0.1, -0.05) is 23.7 Å². The Labute approximate surface area is 137 Å². The minimum absolute atomic E-state index is 0.0371. The van der Waals surface area contributed by atoms with Gasteiger partial charge in [-0.3, -0.25) is 4.79 Å². The molecule has 0 spiro atoms. The van der Waals surface area contributed by atoms with Gasteiger partial charge in [0.2, 0.25) is 5.91 Å². The molecule has 0 saturated carbocycles. The van der Waals surface area contributed by atoms with E-state index in [1.54, 1.807) is 12.1 Å². The molecule has 1 N–H and O–H groups in total. The number of hydrogen-bond donors (Lipinski definition) is 1. The monoisotopic (exact) mass is 324 g/mol. The van der Waals surface area contributed by atoms with Crippen LogP contribution in [0, 0.1) is 5.92 Å². The summed E-state index contributed by atoms with van der Waals surface area (Å²) in [5.41, 5.74) is 0. The van der Waals surface area contributed by atoms with Gasteiger partial charge in [0.25, 0.3) is 0 Å². The third kappa shape index (κ3) is 5.18. The van der Waals surface area contributed by atoms with Gasteiger partial charge in [0.1, 0.15) is 5.75 Å². The molecule has 5 heteroatoms. The second kappa shape index (κ2) is 8.39. The molecule has 1 aromatic rings. The molecule has 0 bridgehead atoms. The number of carbonyl (C=O) groups is 1. The van der Waals surface area contributed by atoms with E-state index >= 15 is 0 Å². The van der Waals surface area contributed by atoms with Gasteiger partial charge in [0.05, 0.1) is 18.1 Å². The van der Waals surface area contributed by atoms with E-state index in [0.29, 0.717) is 35.8 Å². The lowest BCUT2D eigenvalue weighted by molar-refractivity contribution is -0.121. The number of carbonyl (C=O) groups excluding carboxylic acids is 1. The highest BCUT2D eigenvalue weighted by molar-refractivity contribution is 6.32. The van der Waals surface area contributed by atoms with E-state index < -0.39 is 0 Å². The smallest absolute Gasteiger partial charge is 0.223 e. The molecule has 22 heavy (non-hydrogen) atoms. The zero-order valence-corrected chi connectivity index (χ0v) is 14.1. The second-order valence-electron chi connectivity index (χ2n) is 6.08. The first-order valence-corrected chi connectivity index (χ1v) is 8.32. The van der Waals surface area contributed by atoms with E-state index in [-0.39, 0.29) is 5.91 Å². The molecule has 4 nitrogen and oxygen atoms in total. The highest BCUT2D eigenvalue weighted by Gasteiger charge is 2.24. The zero-order valence-electron chi connectivity index (χ0n) is 13.3. The summed E-state index contributed by atoms with van der Waals surface area (Å²) in [4.78, 5) is 14.3. The highest BCUT2D eigenvalue weighted by atomic mass is 35.5. The molecule has 1 saturated heterocycles. The first-order chi connectivity index (χ1) is 10.6. The number of amides is 1. The number of ether oxygens (including phenoxy) is 1. The first-order valence-electron chi connectivity index (χ1n) is 7.94. The molecule has 122 valence electrons. The summed E-state index contributed by atoms with van der Waals surface area (Å²) < 4.78 is 5.53. The third-order valence-corrected chi connectivity index (χ3v) is 4.37. The van der Waals surface area contributed by atoms with Crippen LogP contribution >= 0.6 is 11.6 Å². The predicted octanol–water partition coefficient (Wildman–Crippen LogP) is 2.96. The Kier molecular flexibility index (Phi) is 6.52. The van der Waals surface area contributed by atoms with Crippen molar-refractivity contribution in [1.82, 2.24) is 10.2 Å². The molecular formula is C17H25ClN2O2. The first kappa shape index (κ1) is 17.1. The Balaban J connectivity index is 1.62. The number of nitrogens with one attached hydrogen (secondary N) is 1. The van der Waals surface area contributed by atoms with Crippen LogP contribution in [0.5, 0.6) is 5.75 Å². The van der Waals surface area contributed by atoms with Crippen LogP contribution in [0.15, 0.2) is 24.3 Å². The fraction of sp³-hybridized carbons (Fsp3) is 0.588. The summed E-state index contributed by atoms with van der Waals surface area (Å²) in [7, 11) is 0. The van der Waals surface area contributed by atoms with Crippen LogP contribution in [-0.4, -0.2) is 43.1 Å².